The zero-order valence-electron chi connectivity index (χ0n) is 7.99. The predicted octanol–water partition coefficient (Wildman–Crippen LogP) is 2.06. The molecule has 1 atom stereocenters. The molecule has 1 heterocycles. The lowest BCUT2D eigenvalue weighted by Crippen LogP contribution is -2.37. The molecule has 4 nitrogen and oxygen atoms in total. The molecule has 0 radical (unpaired) electrons. The molecule has 2 amide bonds. The Hall–Kier alpha value is -1.10. The normalized spacial score (nSPS) is 17.5. The van der Waals surface area contributed by atoms with Crippen molar-refractivity contribution in [1.82, 2.24) is 10.3 Å². The van der Waals surface area contributed by atoms with E-state index in [-0.39, 0.29) is 12.1 Å². The number of urea groups is 1. The Kier molecular flexibility index (Phi) is 2.67. The van der Waals surface area contributed by atoms with Crippen LogP contribution in [0, 0.1) is 5.92 Å². The minimum absolute atomic E-state index is 0.153. The van der Waals surface area contributed by atoms with E-state index in [4.69, 9.17) is 0 Å². The van der Waals surface area contributed by atoms with Gasteiger partial charge >= 0.3 is 6.03 Å². The molecule has 0 spiro atoms. The molecule has 0 aliphatic heterocycles. The fourth-order valence-electron chi connectivity index (χ4n) is 1.34. The number of nitrogens with one attached hydrogen (secondary N) is 2. The van der Waals surface area contributed by atoms with E-state index in [9.17, 15) is 4.79 Å². The van der Waals surface area contributed by atoms with E-state index in [0.717, 1.165) is 0 Å². The van der Waals surface area contributed by atoms with Crippen LogP contribution in [-0.4, -0.2) is 17.1 Å². The van der Waals surface area contributed by atoms with Crippen LogP contribution in [-0.2, 0) is 0 Å². The molecule has 1 aromatic rings. The van der Waals surface area contributed by atoms with E-state index in [0.29, 0.717) is 11.0 Å². The summed E-state index contributed by atoms with van der Waals surface area (Å²) in [5.74, 6) is 0.678. The van der Waals surface area contributed by atoms with Crippen LogP contribution in [0.2, 0.25) is 0 Å². The van der Waals surface area contributed by atoms with Crippen LogP contribution >= 0.6 is 11.3 Å². The summed E-state index contributed by atoms with van der Waals surface area (Å²) < 4.78 is 0. The maximum absolute atomic E-state index is 11.4. The van der Waals surface area contributed by atoms with Gasteiger partial charge in [0.2, 0.25) is 0 Å². The summed E-state index contributed by atoms with van der Waals surface area (Å²) in [7, 11) is 0. The first-order valence-electron chi connectivity index (χ1n) is 4.72. The van der Waals surface area contributed by atoms with Gasteiger partial charge in [0.1, 0.15) is 0 Å². The van der Waals surface area contributed by atoms with Crippen LogP contribution in [0.25, 0.3) is 0 Å². The van der Waals surface area contributed by atoms with Gasteiger partial charge in [-0.05, 0) is 25.7 Å². The van der Waals surface area contributed by atoms with Gasteiger partial charge in [-0.1, -0.05) is 0 Å². The molecule has 0 saturated heterocycles. The number of hydrogen-bond acceptors (Lipinski definition) is 3. The summed E-state index contributed by atoms with van der Waals surface area (Å²) in [6.45, 7) is 2.04. The molecular weight excluding hydrogens is 198 g/mol. The van der Waals surface area contributed by atoms with Crippen LogP contribution < -0.4 is 10.6 Å². The van der Waals surface area contributed by atoms with Crippen LogP contribution in [0.5, 0.6) is 0 Å². The van der Waals surface area contributed by atoms with Crippen molar-refractivity contribution in [2.24, 2.45) is 5.92 Å². The molecule has 1 saturated carbocycles. The minimum atomic E-state index is -0.153. The first-order valence-corrected chi connectivity index (χ1v) is 5.60. The molecular formula is C9H13N3OS. The molecule has 5 heteroatoms. The SMILES string of the molecule is CC(NC(=O)Nc1nccs1)C1CC1. The average molecular weight is 211 g/mol. The number of thiazole rings is 1. The number of carbonyl (C=O) groups is 1. The first kappa shape index (κ1) is 9.45. The lowest BCUT2D eigenvalue weighted by atomic mass is 10.2. The highest BCUT2D eigenvalue weighted by molar-refractivity contribution is 7.13. The highest BCUT2D eigenvalue weighted by atomic mass is 32.1. The van der Waals surface area contributed by atoms with E-state index in [2.05, 4.69) is 15.6 Å². The van der Waals surface area contributed by atoms with Gasteiger partial charge in [0.25, 0.3) is 0 Å². The average Bonchev–Trinajstić information content (AvgIpc) is 2.87. The Bertz CT molecular complexity index is 308. The fourth-order valence-corrected chi connectivity index (χ4v) is 1.86. The number of carbonyl (C=O) groups excluding carboxylic acids is 1. The Morgan fingerprint density at radius 2 is 2.50 bits per heavy atom. The molecule has 0 aromatic carbocycles. The largest absolute Gasteiger partial charge is 0.335 e. The van der Waals surface area contributed by atoms with Gasteiger partial charge in [0.15, 0.2) is 5.13 Å². The topological polar surface area (TPSA) is 54.0 Å². The minimum Gasteiger partial charge on any atom is -0.335 e. The monoisotopic (exact) mass is 211 g/mol. The maximum Gasteiger partial charge on any atom is 0.321 e. The Balaban J connectivity index is 1.78. The Labute approximate surface area is 86.7 Å². The zero-order valence-corrected chi connectivity index (χ0v) is 8.80. The summed E-state index contributed by atoms with van der Waals surface area (Å²) in [5, 5.41) is 8.07. The van der Waals surface area contributed by atoms with Crippen LogP contribution in [0.3, 0.4) is 0 Å². The molecule has 76 valence electrons. The van der Waals surface area contributed by atoms with Crippen LogP contribution in [0.15, 0.2) is 11.6 Å². The quantitative estimate of drug-likeness (QED) is 0.804. The van der Waals surface area contributed by atoms with Gasteiger partial charge in [-0.15, -0.1) is 11.3 Å². The molecule has 2 N–H and O–H groups in total. The molecule has 14 heavy (non-hydrogen) atoms. The molecule has 1 aromatic heterocycles. The van der Waals surface area contributed by atoms with Crippen molar-refractivity contribution in [3.8, 4) is 0 Å². The third kappa shape index (κ3) is 2.45. The van der Waals surface area contributed by atoms with E-state index < -0.39 is 0 Å². The second-order valence-electron chi connectivity index (χ2n) is 3.56. The number of anilines is 1. The van der Waals surface area contributed by atoms with Crippen molar-refractivity contribution in [1.29, 1.82) is 0 Å². The Morgan fingerprint density at radius 3 is 3.07 bits per heavy atom. The van der Waals surface area contributed by atoms with E-state index >= 15 is 0 Å². The van der Waals surface area contributed by atoms with Gasteiger partial charge < -0.3 is 5.32 Å². The second kappa shape index (κ2) is 3.96. The second-order valence-corrected chi connectivity index (χ2v) is 4.46. The van der Waals surface area contributed by atoms with Crippen molar-refractivity contribution in [3.05, 3.63) is 11.6 Å². The van der Waals surface area contributed by atoms with Crippen LogP contribution in [0.1, 0.15) is 19.8 Å². The third-order valence-corrected chi connectivity index (χ3v) is 3.03. The van der Waals surface area contributed by atoms with Crippen molar-refractivity contribution in [3.63, 3.8) is 0 Å². The summed E-state index contributed by atoms with van der Waals surface area (Å²) in [4.78, 5) is 15.4. The molecule has 2 rings (SSSR count). The van der Waals surface area contributed by atoms with E-state index in [1.165, 1.54) is 24.2 Å². The highest BCUT2D eigenvalue weighted by Gasteiger charge is 2.28. The lowest BCUT2D eigenvalue weighted by molar-refractivity contribution is 0.248. The smallest absolute Gasteiger partial charge is 0.321 e. The number of rotatable bonds is 3. The lowest BCUT2D eigenvalue weighted by Gasteiger charge is -2.12. The van der Waals surface area contributed by atoms with Crippen molar-refractivity contribution < 1.29 is 4.79 Å². The van der Waals surface area contributed by atoms with Gasteiger partial charge in [0.05, 0.1) is 0 Å². The number of hydrogen-bond donors (Lipinski definition) is 2. The summed E-state index contributed by atoms with van der Waals surface area (Å²) in [5.41, 5.74) is 0. The van der Waals surface area contributed by atoms with Gasteiger partial charge in [-0.25, -0.2) is 9.78 Å². The highest BCUT2D eigenvalue weighted by Crippen LogP contribution is 2.32. The van der Waals surface area contributed by atoms with Crippen LogP contribution in [0.4, 0.5) is 9.93 Å². The Morgan fingerprint density at radius 1 is 1.71 bits per heavy atom. The van der Waals surface area contributed by atoms with Crippen molar-refractivity contribution in [2.75, 3.05) is 5.32 Å². The molecule has 1 unspecified atom stereocenters. The summed E-state index contributed by atoms with van der Waals surface area (Å²) in [6.07, 6.45) is 4.14. The zero-order chi connectivity index (χ0) is 9.97. The number of amides is 2. The van der Waals surface area contributed by atoms with E-state index in [1.54, 1.807) is 6.20 Å². The van der Waals surface area contributed by atoms with Crippen molar-refractivity contribution in [2.45, 2.75) is 25.8 Å². The maximum atomic E-state index is 11.4. The van der Waals surface area contributed by atoms with Gasteiger partial charge in [0, 0.05) is 17.6 Å². The molecule has 1 fully saturated rings. The molecule has 1 aliphatic rings. The van der Waals surface area contributed by atoms with Gasteiger partial charge in [-0.3, -0.25) is 5.32 Å². The summed E-state index contributed by atoms with van der Waals surface area (Å²) >= 11 is 1.42. The van der Waals surface area contributed by atoms with Crippen molar-refractivity contribution >= 4 is 22.5 Å². The fraction of sp³-hybridized carbons (Fsp3) is 0.556. The first-order chi connectivity index (χ1) is 6.75. The number of nitrogens with zero attached hydrogens (tertiary/aromatic N) is 1. The third-order valence-electron chi connectivity index (χ3n) is 2.34. The van der Waals surface area contributed by atoms with Gasteiger partial charge in [-0.2, -0.15) is 0 Å². The molecule has 0 bridgehead atoms. The standard InChI is InChI=1S/C9H13N3OS/c1-6(7-2-3-7)11-8(13)12-9-10-4-5-14-9/h4-7H,2-3H2,1H3,(H2,10,11,12,13). The number of aromatic nitrogens is 1. The summed E-state index contributed by atoms with van der Waals surface area (Å²) in [6, 6.07) is 0.120. The molecule has 1 aliphatic carbocycles. The predicted molar refractivity (Wildman–Crippen MR) is 56.5 cm³/mol. The van der Waals surface area contributed by atoms with E-state index in [1.807, 2.05) is 12.3 Å².